The van der Waals surface area contributed by atoms with Crippen molar-refractivity contribution in [2.45, 2.75) is 12.4 Å². The molecule has 0 amide bonds. The van der Waals surface area contributed by atoms with Crippen LogP contribution in [0.2, 0.25) is 0 Å². The fourth-order valence-corrected chi connectivity index (χ4v) is 2.19. The van der Waals surface area contributed by atoms with Gasteiger partial charge in [-0.25, -0.2) is 0 Å². The van der Waals surface area contributed by atoms with Gasteiger partial charge in [-0.2, -0.15) is 0 Å². The summed E-state index contributed by atoms with van der Waals surface area (Å²) in [5.74, 6) is 0.855. The number of fused-ring (bicyclic) bond motifs is 1. The molecule has 2 aromatic carbocycles. The van der Waals surface area contributed by atoms with E-state index in [1.165, 1.54) is 0 Å². The summed E-state index contributed by atoms with van der Waals surface area (Å²) in [6.07, 6.45) is -0.491. The molecule has 1 heterocycles. The van der Waals surface area contributed by atoms with Crippen molar-refractivity contribution in [2.75, 3.05) is 6.54 Å². The summed E-state index contributed by atoms with van der Waals surface area (Å²) in [7, 11) is 0. The summed E-state index contributed by atoms with van der Waals surface area (Å²) in [6.45, 7) is 0.345. The van der Waals surface area contributed by atoms with E-state index in [1.807, 2.05) is 42.5 Å². The highest BCUT2D eigenvalue weighted by Gasteiger charge is 2.28. The molecule has 92 valence electrons. The highest BCUT2D eigenvalue weighted by molar-refractivity contribution is 5.41. The fraction of sp³-hybridized carbons (Fsp3) is 0.200. The minimum atomic E-state index is -0.384. The molecule has 0 bridgehead atoms. The van der Waals surface area contributed by atoms with Crippen LogP contribution in [0.15, 0.2) is 54.6 Å². The first-order valence-corrected chi connectivity index (χ1v) is 6.04. The topological polar surface area (TPSA) is 44.5 Å². The van der Waals surface area contributed by atoms with Crippen molar-refractivity contribution in [1.29, 1.82) is 0 Å². The number of nitrogens with two attached hydrogens (primary N) is 1. The molecule has 1 aliphatic heterocycles. The maximum atomic E-state index is 5.90. The zero-order valence-electron chi connectivity index (χ0n) is 9.95. The second-order valence-electron chi connectivity index (χ2n) is 4.25. The molecule has 0 radical (unpaired) electrons. The standard InChI is InChI=1S/C15H15NO2/c16-10-14-17-13-9-5-4-8-12(13)15(18-14)11-6-2-1-3-7-11/h1-9,14-15H,10,16H2. The predicted octanol–water partition coefficient (Wildman–Crippen LogP) is 2.47. The molecule has 2 N–H and O–H groups in total. The van der Waals surface area contributed by atoms with Crippen molar-refractivity contribution in [3.05, 3.63) is 65.7 Å². The summed E-state index contributed by atoms with van der Waals surface area (Å²) < 4.78 is 11.6. The van der Waals surface area contributed by atoms with Crippen LogP contribution in [0.3, 0.4) is 0 Å². The monoisotopic (exact) mass is 241 g/mol. The lowest BCUT2D eigenvalue weighted by atomic mass is 9.99. The Morgan fingerprint density at radius 3 is 2.44 bits per heavy atom. The molecule has 2 atom stereocenters. The van der Waals surface area contributed by atoms with E-state index in [-0.39, 0.29) is 12.4 Å². The van der Waals surface area contributed by atoms with Crippen molar-refractivity contribution < 1.29 is 9.47 Å². The molecule has 0 saturated heterocycles. The van der Waals surface area contributed by atoms with E-state index in [1.54, 1.807) is 0 Å². The number of benzene rings is 2. The highest BCUT2D eigenvalue weighted by atomic mass is 16.7. The zero-order valence-corrected chi connectivity index (χ0v) is 9.95. The van der Waals surface area contributed by atoms with Crippen LogP contribution < -0.4 is 10.5 Å². The molecule has 0 aliphatic carbocycles. The lowest BCUT2D eigenvalue weighted by Crippen LogP contribution is -2.35. The Balaban J connectivity index is 2.04. The lowest BCUT2D eigenvalue weighted by molar-refractivity contribution is -0.120. The normalized spacial score (nSPS) is 22.1. The Hall–Kier alpha value is -1.84. The molecular formula is C15H15NO2. The second-order valence-corrected chi connectivity index (χ2v) is 4.25. The molecule has 0 fully saturated rings. The number of hydrogen-bond acceptors (Lipinski definition) is 3. The molecule has 3 heteroatoms. The van der Waals surface area contributed by atoms with Gasteiger partial charge in [0.15, 0.2) is 0 Å². The Morgan fingerprint density at radius 2 is 1.67 bits per heavy atom. The maximum absolute atomic E-state index is 5.90. The second kappa shape index (κ2) is 4.80. The molecule has 2 aromatic rings. The third-order valence-electron chi connectivity index (χ3n) is 3.04. The van der Waals surface area contributed by atoms with Gasteiger partial charge in [-0.1, -0.05) is 48.5 Å². The number of para-hydroxylation sites is 1. The average Bonchev–Trinajstić information content (AvgIpc) is 2.47. The number of ether oxygens (including phenoxy) is 2. The third-order valence-corrected chi connectivity index (χ3v) is 3.04. The van der Waals surface area contributed by atoms with Gasteiger partial charge in [0.25, 0.3) is 0 Å². The largest absolute Gasteiger partial charge is 0.463 e. The van der Waals surface area contributed by atoms with Gasteiger partial charge in [-0.3, -0.25) is 0 Å². The Morgan fingerprint density at radius 1 is 0.944 bits per heavy atom. The van der Waals surface area contributed by atoms with Gasteiger partial charge in [0.05, 0.1) is 6.54 Å². The molecule has 0 spiro atoms. The Bertz CT molecular complexity index is 527. The lowest BCUT2D eigenvalue weighted by Gasteiger charge is -2.32. The Kier molecular flexibility index (Phi) is 3.00. The van der Waals surface area contributed by atoms with Crippen molar-refractivity contribution in [3.63, 3.8) is 0 Å². The van der Waals surface area contributed by atoms with Crippen molar-refractivity contribution in [2.24, 2.45) is 5.73 Å². The molecule has 2 unspecified atom stereocenters. The van der Waals surface area contributed by atoms with Gasteiger partial charge in [-0.05, 0) is 11.6 Å². The van der Waals surface area contributed by atoms with Crippen LogP contribution in [-0.4, -0.2) is 12.8 Å². The van der Waals surface area contributed by atoms with Gasteiger partial charge in [-0.15, -0.1) is 0 Å². The van der Waals surface area contributed by atoms with E-state index in [9.17, 15) is 0 Å². The minimum Gasteiger partial charge on any atom is -0.463 e. The van der Waals surface area contributed by atoms with Crippen molar-refractivity contribution >= 4 is 0 Å². The molecule has 1 aliphatic rings. The van der Waals surface area contributed by atoms with Crippen LogP contribution in [0, 0.1) is 0 Å². The average molecular weight is 241 g/mol. The molecule has 3 nitrogen and oxygen atoms in total. The van der Waals surface area contributed by atoms with Gasteiger partial charge >= 0.3 is 0 Å². The van der Waals surface area contributed by atoms with Crippen LogP contribution in [-0.2, 0) is 4.74 Å². The van der Waals surface area contributed by atoms with Crippen LogP contribution in [0.1, 0.15) is 17.2 Å². The van der Waals surface area contributed by atoms with E-state index in [0.29, 0.717) is 6.54 Å². The van der Waals surface area contributed by atoms with Gasteiger partial charge in [0, 0.05) is 5.56 Å². The summed E-state index contributed by atoms with van der Waals surface area (Å²) in [5.41, 5.74) is 7.82. The SMILES string of the molecule is NCC1Oc2ccccc2C(c2ccccc2)O1. The first-order valence-electron chi connectivity index (χ1n) is 6.04. The van der Waals surface area contributed by atoms with Crippen LogP contribution in [0.5, 0.6) is 5.75 Å². The highest BCUT2D eigenvalue weighted by Crippen LogP contribution is 2.37. The molecule has 18 heavy (non-hydrogen) atoms. The van der Waals surface area contributed by atoms with E-state index in [0.717, 1.165) is 16.9 Å². The maximum Gasteiger partial charge on any atom is 0.213 e. The molecule has 0 saturated carbocycles. The fourth-order valence-electron chi connectivity index (χ4n) is 2.19. The Labute approximate surface area is 106 Å². The molecule has 3 rings (SSSR count). The van der Waals surface area contributed by atoms with E-state index >= 15 is 0 Å². The van der Waals surface area contributed by atoms with Gasteiger partial charge in [0.2, 0.25) is 6.29 Å². The zero-order chi connectivity index (χ0) is 12.4. The van der Waals surface area contributed by atoms with E-state index in [4.69, 9.17) is 15.2 Å². The van der Waals surface area contributed by atoms with Crippen molar-refractivity contribution in [1.82, 2.24) is 0 Å². The third kappa shape index (κ3) is 1.98. The van der Waals surface area contributed by atoms with Crippen LogP contribution in [0.4, 0.5) is 0 Å². The quantitative estimate of drug-likeness (QED) is 0.878. The predicted molar refractivity (Wildman–Crippen MR) is 69.3 cm³/mol. The first-order chi connectivity index (χ1) is 8.88. The van der Waals surface area contributed by atoms with E-state index in [2.05, 4.69) is 12.1 Å². The van der Waals surface area contributed by atoms with Crippen molar-refractivity contribution in [3.8, 4) is 5.75 Å². The summed E-state index contributed by atoms with van der Waals surface area (Å²) >= 11 is 0. The molecular weight excluding hydrogens is 226 g/mol. The van der Waals surface area contributed by atoms with E-state index < -0.39 is 0 Å². The van der Waals surface area contributed by atoms with Crippen LogP contribution >= 0.6 is 0 Å². The van der Waals surface area contributed by atoms with Gasteiger partial charge in [0.1, 0.15) is 11.9 Å². The number of hydrogen-bond donors (Lipinski definition) is 1. The summed E-state index contributed by atoms with van der Waals surface area (Å²) in [5, 5.41) is 0. The number of rotatable bonds is 2. The van der Waals surface area contributed by atoms with Crippen LogP contribution in [0.25, 0.3) is 0 Å². The first kappa shape index (κ1) is 11.3. The minimum absolute atomic E-state index is 0.107. The van der Waals surface area contributed by atoms with Gasteiger partial charge < -0.3 is 15.2 Å². The molecule has 0 aromatic heterocycles. The summed E-state index contributed by atoms with van der Waals surface area (Å²) in [6, 6.07) is 18.1. The summed E-state index contributed by atoms with van der Waals surface area (Å²) in [4.78, 5) is 0. The smallest absolute Gasteiger partial charge is 0.213 e.